The summed E-state index contributed by atoms with van der Waals surface area (Å²) in [4.78, 5) is 38.4. The second kappa shape index (κ2) is 9.65. The number of ether oxygens (including phenoxy) is 1. The van der Waals surface area contributed by atoms with Crippen molar-refractivity contribution in [1.82, 2.24) is 19.8 Å². The molecule has 0 spiro atoms. The third-order valence-corrected chi connectivity index (χ3v) is 6.35. The van der Waals surface area contributed by atoms with Gasteiger partial charge in [-0.25, -0.2) is 9.97 Å². The van der Waals surface area contributed by atoms with Crippen LogP contribution in [0.15, 0.2) is 24.3 Å². The van der Waals surface area contributed by atoms with E-state index in [9.17, 15) is 9.59 Å². The molecular weight excluding hydrogens is 406 g/mol. The molecule has 4 rings (SSSR count). The first-order valence-electron chi connectivity index (χ1n) is 11.2. The van der Waals surface area contributed by atoms with Gasteiger partial charge in [0, 0.05) is 64.2 Å². The number of piperidine rings is 1. The van der Waals surface area contributed by atoms with Crippen molar-refractivity contribution in [3.05, 3.63) is 52.5 Å². The highest BCUT2D eigenvalue weighted by atomic mass is 16.5. The SMILES string of the molecule is CNc1nc([C@H]2CCCN(C(C)=O)C2)nc2c1CN(C(=O)c1ccc(COC)cc1)CC2. The zero-order valence-corrected chi connectivity index (χ0v) is 19.1. The highest BCUT2D eigenvalue weighted by Gasteiger charge is 2.30. The van der Waals surface area contributed by atoms with Crippen LogP contribution in [0.25, 0.3) is 0 Å². The number of likely N-dealkylation sites (tertiary alicyclic amines) is 1. The number of nitrogens with one attached hydrogen (secondary N) is 1. The normalized spacial score (nSPS) is 18.3. The first-order valence-corrected chi connectivity index (χ1v) is 11.2. The maximum Gasteiger partial charge on any atom is 0.254 e. The number of anilines is 1. The molecule has 1 atom stereocenters. The van der Waals surface area contributed by atoms with Crippen molar-refractivity contribution in [1.29, 1.82) is 0 Å². The number of methoxy groups -OCH3 is 1. The lowest BCUT2D eigenvalue weighted by Crippen LogP contribution is -2.39. The highest BCUT2D eigenvalue weighted by molar-refractivity contribution is 5.94. The fraction of sp³-hybridized carbons (Fsp3) is 0.500. The predicted octanol–water partition coefficient (Wildman–Crippen LogP) is 2.59. The number of nitrogens with zero attached hydrogens (tertiary/aromatic N) is 4. The van der Waals surface area contributed by atoms with Crippen LogP contribution in [0.5, 0.6) is 0 Å². The Balaban J connectivity index is 1.53. The highest BCUT2D eigenvalue weighted by Crippen LogP contribution is 2.30. The van der Waals surface area contributed by atoms with Crippen LogP contribution >= 0.6 is 0 Å². The van der Waals surface area contributed by atoms with Gasteiger partial charge in [-0.15, -0.1) is 0 Å². The summed E-state index contributed by atoms with van der Waals surface area (Å²) in [5.41, 5.74) is 3.69. The minimum atomic E-state index is 0.00938. The lowest BCUT2D eigenvalue weighted by molar-refractivity contribution is -0.130. The lowest BCUT2D eigenvalue weighted by Gasteiger charge is -2.33. The van der Waals surface area contributed by atoms with Crippen molar-refractivity contribution in [2.45, 2.75) is 45.3 Å². The molecule has 170 valence electrons. The fourth-order valence-corrected chi connectivity index (χ4v) is 4.56. The molecule has 1 N–H and O–H groups in total. The summed E-state index contributed by atoms with van der Waals surface area (Å²) in [5.74, 6) is 1.84. The van der Waals surface area contributed by atoms with Gasteiger partial charge >= 0.3 is 0 Å². The molecule has 1 aromatic heterocycles. The van der Waals surface area contributed by atoms with Crippen LogP contribution in [-0.4, -0.2) is 65.4 Å². The number of hydrogen-bond donors (Lipinski definition) is 1. The van der Waals surface area contributed by atoms with Crippen LogP contribution in [0.2, 0.25) is 0 Å². The molecular formula is C24H31N5O3. The Morgan fingerprint density at radius 3 is 2.62 bits per heavy atom. The molecule has 32 heavy (non-hydrogen) atoms. The smallest absolute Gasteiger partial charge is 0.254 e. The molecule has 0 saturated carbocycles. The Morgan fingerprint density at radius 1 is 1.16 bits per heavy atom. The Labute approximate surface area is 189 Å². The first kappa shape index (κ1) is 22.2. The van der Waals surface area contributed by atoms with Gasteiger partial charge in [0.25, 0.3) is 5.91 Å². The molecule has 0 aliphatic carbocycles. The zero-order chi connectivity index (χ0) is 22.7. The van der Waals surface area contributed by atoms with Crippen LogP contribution in [0.3, 0.4) is 0 Å². The number of hydrogen-bond acceptors (Lipinski definition) is 6. The van der Waals surface area contributed by atoms with Gasteiger partial charge in [0.2, 0.25) is 5.91 Å². The zero-order valence-electron chi connectivity index (χ0n) is 19.1. The van der Waals surface area contributed by atoms with Gasteiger partial charge in [0.15, 0.2) is 0 Å². The van der Waals surface area contributed by atoms with Crippen molar-refractivity contribution in [3.63, 3.8) is 0 Å². The molecule has 3 heterocycles. The minimum absolute atomic E-state index is 0.00938. The van der Waals surface area contributed by atoms with Crippen LogP contribution in [-0.2, 0) is 29.1 Å². The molecule has 2 aromatic rings. The molecule has 1 saturated heterocycles. The molecule has 0 bridgehead atoms. The third-order valence-electron chi connectivity index (χ3n) is 6.35. The van der Waals surface area contributed by atoms with Crippen molar-refractivity contribution in [2.75, 3.05) is 39.1 Å². The van der Waals surface area contributed by atoms with E-state index in [-0.39, 0.29) is 17.7 Å². The maximum absolute atomic E-state index is 13.1. The van der Waals surface area contributed by atoms with Crippen LogP contribution < -0.4 is 5.32 Å². The fourth-order valence-electron chi connectivity index (χ4n) is 4.56. The maximum atomic E-state index is 13.1. The van der Waals surface area contributed by atoms with Crippen molar-refractivity contribution in [2.24, 2.45) is 0 Å². The van der Waals surface area contributed by atoms with E-state index in [0.29, 0.717) is 38.2 Å². The monoisotopic (exact) mass is 437 g/mol. The van der Waals surface area contributed by atoms with Crippen molar-refractivity contribution < 1.29 is 14.3 Å². The van der Waals surface area contributed by atoms with Gasteiger partial charge in [0.1, 0.15) is 11.6 Å². The molecule has 8 heteroatoms. The number of fused-ring (bicyclic) bond motifs is 1. The van der Waals surface area contributed by atoms with E-state index in [2.05, 4.69) is 5.32 Å². The van der Waals surface area contributed by atoms with E-state index >= 15 is 0 Å². The Morgan fingerprint density at radius 2 is 1.94 bits per heavy atom. The summed E-state index contributed by atoms with van der Waals surface area (Å²) in [5, 5.41) is 3.21. The van der Waals surface area contributed by atoms with Crippen LogP contribution in [0.4, 0.5) is 5.82 Å². The van der Waals surface area contributed by atoms with E-state index in [4.69, 9.17) is 14.7 Å². The number of carbonyl (C=O) groups is 2. The number of benzene rings is 1. The molecule has 8 nitrogen and oxygen atoms in total. The molecule has 1 aromatic carbocycles. The molecule has 2 amide bonds. The van der Waals surface area contributed by atoms with E-state index in [0.717, 1.165) is 47.8 Å². The minimum Gasteiger partial charge on any atom is -0.380 e. The Bertz CT molecular complexity index is 975. The number of rotatable bonds is 5. The summed E-state index contributed by atoms with van der Waals surface area (Å²) < 4.78 is 5.14. The van der Waals surface area contributed by atoms with Gasteiger partial charge < -0.3 is 19.9 Å². The average Bonchev–Trinajstić information content (AvgIpc) is 2.83. The second-order valence-electron chi connectivity index (χ2n) is 8.52. The van der Waals surface area contributed by atoms with E-state index < -0.39 is 0 Å². The Hall–Kier alpha value is -3.00. The van der Waals surface area contributed by atoms with Gasteiger partial charge in [-0.1, -0.05) is 12.1 Å². The average molecular weight is 438 g/mol. The van der Waals surface area contributed by atoms with Crippen molar-refractivity contribution >= 4 is 17.6 Å². The van der Waals surface area contributed by atoms with E-state index in [1.54, 1.807) is 14.0 Å². The summed E-state index contributed by atoms with van der Waals surface area (Å²) in [6.07, 6.45) is 2.64. The second-order valence-corrected chi connectivity index (χ2v) is 8.52. The third kappa shape index (κ3) is 4.60. The molecule has 1 fully saturated rings. The van der Waals surface area contributed by atoms with Crippen LogP contribution in [0, 0.1) is 0 Å². The molecule has 2 aliphatic rings. The lowest BCUT2D eigenvalue weighted by atomic mass is 9.96. The predicted molar refractivity (Wildman–Crippen MR) is 121 cm³/mol. The van der Waals surface area contributed by atoms with Gasteiger partial charge in [0.05, 0.1) is 18.8 Å². The molecule has 0 radical (unpaired) electrons. The van der Waals surface area contributed by atoms with Crippen molar-refractivity contribution in [3.8, 4) is 0 Å². The first-order chi connectivity index (χ1) is 15.5. The number of amides is 2. The van der Waals surface area contributed by atoms with E-state index in [1.807, 2.05) is 41.1 Å². The summed E-state index contributed by atoms with van der Waals surface area (Å²) in [7, 11) is 3.51. The largest absolute Gasteiger partial charge is 0.380 e. The summed E-state index contributed by atoms with van der Waals surface area (Å²) in [6.45, 7) is 4.72. The quantitative estimate of drug-likeness (QED) is 0.774. The van der Waals surface area contributed by atoms with Gasteiger partial charge in [-0.2, -0.15) is 0 Å². The van der Waals surface area contributed by atoms with Crippen LogP contribution in [0.1, 0.15) is 58.7 Å². The summed E-state index contributed by atoms with van der Waals surface area (Å²) in [6, 6.07) is 7.57. The number of aromatic nitrogens is 2. The molecule has 2 aliphatic heterocycles. The van der Waals surface area contributed by atoms with E-state index in [1.165, 1.54) is 0 Å². The molecule has 0 unspecified atom stereocenters. The summed E-state index contributed by atoms with van der Waals surface area (Å²) >= 11 is 0. The Kier molecular flexibility index (Phi) is 6.69. The topological polar surface area (TPSA) is 87.7 Å². The van der Waals surface area contributed by atoms with Gasteiger partial charge in [-0.05, 0) is 30.5 Å². The van der Waals surface area contributed by atoms with Gasteiger partial charge in [-0.3, -0.25) is 9.59 Å². The standard InChI is InChI=1S/C24H31N5O3/c1-16(30)28-11-4-5-19(13-28)22-26-21-10-12-29(14-20(21)23(25-2)27-22)24(31)18-8-6-17(7-9-18)15-32-3/h6-9,19H,4-5,10-15H2,1-3H3,(H,25,26,27)/t19-/m0/s1. The number of carbonyl (C=O) groups excluding carboxylic acids is 2.